The second-order valence-electron chi connectivity index (χ2n) is 4.04. The van der Waals surface area contributed by atoms with Crippen LogP contribution in [-0.4, -0.2) is 18.7 Å². The fourth-order valence-corrected chi connectivity index (χ4v) is 2.31. The number of halogens is 2. The summed E-state index contributed by atoms with van der Waals surface area (Å²) in [5.41, 5.74) is 0. The van der Waals surface area contributed by atoms with Gasteiger partial charge in [0, 0.05) is 6.04 Å². The van der Waals surface area contributed by atoms with E-state index in [0.29, 0.717) is 10.5 Å². The Hall–Kier alpha value is -0.610. The zero-order chi connectivity index (χ0) is 11.5. The predicted octanol–water partition coefficient (Wildman–Crippen LogP) is 3.11. The molecule has 1 aliphatic rings. The van der Waals surface area contributed by atoms with Crippen molar-refractivity contribution in [1.82, 2.24) is 5.32 Å². The summed E-state index contributed by atoms with van der Waals surface area (Å²) in [4.78, 5) is 0. The Morgan fingerprint density at radius 3 is 2.88 bits per heavy atom. The first-order chi connectivity index (χ1) is 7.69. The van der Waals surface area contributed by atoms with E-state index in [4.69, 9.17) is 4.74 Å². The average molecular weight is 288 g/mol. The first kappa shape index (κ1) is 11.9. The summed E-state index contributed by atoms with van der Waals surface area (Å²) in [5, 5.41) is 3.37. The van der Waals surface area contributed by atoms with E-state index in [1.165, 1.54) is 12.1 Å². The van der Waals surface area contributed by atoms with Crippen LogP contribution in [0.5, 0.6) is 5.75 Å². The van der Waals surface area contributed by atoms with Crippen molar-refractivity contribution in [3.8, 4) is 5.75 Å². The maximum atomic E-state index is 12.8. The molecular weight excluding hydrogens is 273 g/mol. The van der Waals surface area contributed by atoms with Gasteiger partial charge in [0.25, 0.3) is 0 Å². The van der Waals surface area contributed by atoms with E-state index in [1.54, 1.807) is 6.07 Å². The van der Waals surface area contributed by atoms with Crippen molar-refractivity contribution < 1.29 is 9.13 Å². The zero-order valence-electron chi connectivity index (χ0n) is 9.17. The second-order valence-corrected chi connectivity index (χ2v) is 4.89. The number of rotatable bonds is 4. The largest absolute Gasteiger partial charge is 0.489 e. The Morgan fingerprint density at radius 2 is 2.25 bits per heavy atom. The maximum Gasteiger partial charge on any atom is 0.134 e. The molecule has 0 aliphatic heterocycles. The lowest BCUT2D eigenvalue weighted by Crippen LogP contribution is -2.46. The van der Waals surface area contributed by atoms with E-state index < -0.39 is 0 Å². The SMILES string of the molecule is CCNC1CC(Oc2ccc(F)cc2Br)C1. The summed E-state index contributed by atoms with van der Waals surface area (Å²) in [7, 11) is 0. The molecule has 1 fully saturated rings. The molecule has 1 N–H and O–H groups in total. The van der Waals surface area contributed by atoms with Crippen molar-refractivity contribution in [2.75, 3.05) is 6.54 Å². The molecule has 16 heavy (non-hydrogen) atoms. The number of hydrogen-bond donors (Lipinski definition) is 1. The normalized spacial score (nSPS) is 23.9. The number of benzene rings is 1. The predicted molar refractivity (Wildman–Crippen MR) is 65.2 cm³/mol. The van der Waals surface area contributed by atoms with Crippen molar-refractivity contribution >= 4 is 15.9 Å². The Morgan fingerprint density at radius 1 is 1.50 bits per heavy atom. The van der Waals surface area contributed by atoms with Crippen LogP contribution in [0, 0.1) is 5.82 Å². The van der Waals surface area contributed by atoms with E-state index in [1.807, 2.05) is 0 Å². The molecule has 1 saturated carbocycles. The Kier molecular flexibility index (Phi) is 3.82. The fraction of sp³-hybridized carbons (Fsp3) is 0.500. The van der Waals surface area contributed by atoms with Crippen molar-refractivity contribution in [2.45, 2.75) is 31.9 Å². The summed E-state index contributed by atoms with van der Waals surface area (Å²) in [6.45, 7) is 3.10. The molecule has 2 rings (SSSR count). The first-order valence-electron chi connectivity index (χ1n) is 5.54. The molecule has 1 aliphatic carbocycles. The minimum atomic E-state index is -0.252. The molecule has 1 aromatic carbocycles. The lowest BCUT2D eigenvalue weighted by Gasteiger charge is -2.36. The highest BCUT2D eigenvalue weighted by atomic mass is 79.9. The molecule has 0 unspecified atom stereocenters. The van der Waals surface area contributed by atoms with Gasteiger partial charge in [-0.05, 0) is 53.5 Å². The molecule has 0 bridgehead atoms. The van der Waals surface area contributed by atoms with Gasteiger partial charge in [-0.3, -0.25) is 0 Å². The van der Waals surface area contributed by atoms with Crippen LogP contribution in [0.4, 0.5) is 4.39 Å². The minimum Gasteiger partial charge on any atom is -0.489 e. The Labute approximate surface area is 103 Å². The topological polar surface area (TPSA) is 21.3 Å². The lowest BCUT2D eigenvalue weighted by atomic mass is 9.89. The maximum absolute atomic E-state index is 12.8. The quantitative estimate of drug-likeness (QED) is 0.919. The first-order valence-corrected chi connectivity index (χ1v) is 6.33. The van der Waals surface area contributed by atoms with Gasteiger partial charge in [-0.1, -0.05) is 6.92 Å². The van der Waals surface area contributed by atoms with Gasteiger partial charge >= 0.3 is 0 Å². The number of hydrogen-bond acceptors (Lipinski definition) is 2. The van der Waals surface area contributed by atoms with Crippen LogP contribution in [0.25, 0.3) is 0 Å². The van der Waals surface area contributed by atoms with E-state index in [-0.39, 0.29) is 11.9 Å². The van der Waals surface area contributed by atoms with Gasteiger partial charge in [0.2, 0.25) is 0 Å². The Bertz CT molecular complexity index is 366. The highest BCUT2D eigenvalue weighted by molar-refractivity contribution is 9.10. The average Bonchev–Trinajstić information content (AvgIpc) is 2.18. The van der Waals surface area contributed by atoms with Crippen LogP contribution in [-0.2, 0) is 0 Å². The highest BCUT2D eigenvalue weighted by Gasteiger charge is 2.30. The van der Waals surface area contributed by atoms with E-state index in [9.17, 15) is 4.39 Å². The molecule has 0 atom stereocenters. The summed E-state index contributed by atoms with van der Waals surface area (Å²) in [6.07, 6.45) is 2.31. The monoisotopic (exact) mass is 287 g/mol. The molecule has 0 amide bonds. The summed E-state index contributed by atoms with van der Waals surface area (Å²) >= 11 is 3.29. The number of ether oxygens (including phenoxy) is 1. The van der Waals surface area contributed by atoms with Crippen LogP contribution >= 0.6 is 15.9 Å². The standard InChI is InChI=1S/C12H15BrFNO/c1-2-15-9-6-10(7-9)16-12-4-3-8(14)5-11(12)13/h3-5,9-10,15H,2,6-7H2,1H3. The third kappa shape index (κ3) is 2.74. The van der Waals surface area contributed by atoms with Crippen molar-refractivity contribution in [3.63, 3.8) is 0 Å². The van der Waals surface area contributed by atoms with E-state index >= 15 is 0 Å². The molecule has 2 nitrogen and oxygen atoms in total. The minimum absolute atomic E-state index is 0.252. The molecule has 0 heterocycles. The highest BCUT2D eigenvalue weighted by Crippen LogP contribution is 2.31. The van der Waals surface area contributed by atoms with Crippen LogP contribution in [0.2, 0.25) is 0 Å². The van der Waals surface area contributed by atoms with Gasteiger partial charge in [-0.2, -0.15) is 0 Å². The van der Waals surface area contributed by atoms with Crippen LogP contribution in [0.1, 0.15) is 19.8 Å². The molecular formula is C12H15BrFNO. The summed E-state index contributed by atoms with van der Waals surface area (Å²) in [6, 6.07) is 5.09. The van der Waals surface area contributed by atoms with Gasteiger partial charge in [-0.25, -0.2) is 4.39 Å². The Balaban J connectivity index is 1.87. The van der Waals surface area contributed by atoms with Gasteiger partial charge < -0.3 is 10.1 Å². The fourth-order valence-electron chi connectivity index (χ4n) is 1.87. The summed E-state index contributed by atoms with van der Waals surface area (Å²) < 4.78 is 19.3. The molecule has 0 radical (unpaired) electrons. The second kappa shape index (κ2) is 5.15. The van der Waals surface area contributed by atoms with Crippen molar-refractivity contribution in [1.29, 1.82) is 0 Å². The molecule has 0 aromatic heterocycles. The molecule has 88 valence electrons. The van der Waals surface area contributed by atoms with Gasteiger partial charge in [0.15, 0.2) is 0 Å². The summed E-state index contributed by atoms with van der Waals surface area (Å²) in [5.74, 6) is 0.472. The van der Waals surface area contributed by atoms with E-state index in [0.717, 1.165) is 25.1 Å². The van der Waals surface area contributed by atoms with Crippen LogP contribution in [0.15, 0.2) is 22.7 Å². The third-order valence-corrected chi connectivity index (χ3v) is 3.39. The third-order valence-electron chi connectivity index (χ3n) is 2.78. The molecule has 0 saturated heterocycles. The number of nitrogens with one attached hydrogen (secondary N) is 1. The smallest absolute Gasteiger partial charge is 0.134 e. The lowest BCUT2D eigenvalue weighted by molar-refractivity contribution is 0.0851. The van der Waals surface area contributed by atoms with Crippen molar-refractivity contribution in [2.24, 2.45) is 0 Å². The van der Waals surface area contributed by atoms with Crippen LogP contribution in [0.3, 0.4) is 0 Å². The molecule has 0 spiro atoms. The zero-order valence-corrected chi connectivity index (χ0v) is 10.8. The molecule has 1 aromatic rings. The van der Waals surface area contributed by atoms with E-state index in [2.05, 4.69) is 28.2 Å². The van der Waals surface area contributed by atoms with Gasteiger partial charge in [-0.15, -0.1) is 0 Å². The van der Waals surface area contributed by atoms with Crippen molar-refractivity contribution in [3.05, 3.63) is 28.5 Å². The van der Waals surface area contributed by atoms with Crippen LogP contribution < -0.4 is 10.1 Å². The van der Waals surface area contributed by atoms with Gasteiger partial charge in [0.1, 0.15) is 17.7 Å². The molecule has 4 heteroatoms. The van der Waals surface area contributed by atoms with Gasteiger partial charge in [0.05, 0.1) is 4.47 Å².